The molecule has 1 saturated carbocycles. The zero-order valence-electron chi connectivity index (χ0n) is 10.4. The highest BCUT2D eigenvalue weighted by Gasteiger charge is 2.36. The van der Waals surface area contributed by atoms with E-state index < -0.39 is 0 Å². The summed E-state index contributed by atoms with van der Waals surface area (Å²) in [6, 6.07) is 1.41. The largest absolute Gasteiger partial charge is 0.315 e. The molecule has 1 heterocycles. The standard InChI is InChI=1S/C12H25N3/c1-13-12(10-5-4-6-10)11-9-14(2)7-8-15(11)3/h10-13H,4-9H2,1-3H3. The van der Waals surface area contributed by atoms with E-state index >= 15 is 0 Å². The molecule has 88 valence electrons. The highest BCUT2D eigenvalue weighted by molar-refractivity contribution is 4.94. The zero-order valence-corrected chi connectivity index (χ0v) is 10.4. The Hall–Kier alpha value is -0.120. The molecular weight excluding hydrogens is 186 g/mol. The molecule has 3 heteroatoms. The van der Waals surface area contributed by atoms with Crippen LogP contribution in [0.15, 0.2) is 0 Å². The quantitative estimate of drug-likeness (QED) is 0.738. The number of nitrogens with one attached hydrogen (secondary N) is 1. The Bertz CT molecular complexity index is 203. The molecule has 1 saturated heterocycles. The first kappa shape index (κ1) is 11.4. The van der Waals surface area contributed by atoms with Crippen molar-refractivity contribution in [2.24, 2.45) is 5.92 Å². The van der Waals surface area contributed by atoms with Crippen LogP contribution in [0, 0.1) is 5.92 Å². The first-order valence-electron chi connectivity index (χ1n) is 6.28. The Morgan fingerprint density at radius 2 is 1.93 bits per heavy atom. The van der Waals surface area contributed by atoms with Crippen molar-refractivity contribution in [3.05, 3.63) is 0 Å². The summed E-state index contributed by atoms with van der Waals surface area (Å²) in [5.74, 6) is 0.925. The number of hydrogen-bond donors (Lipinski definition) is 1. The van der Waals surface area contributed by atoms with Gasteiger partial charge in [0.15, 0.2) is 0 Å². The van der Waals surface area contributed by atoms with Crippen LogP contribution in [0.25, 0.3) is 0 Å². The van der Waals surface area contributed by atoms with Crippen molar-refractivity contribution in [2.45, 2.75) is 31.3 Å². The minimum atomic E-state index is 0.700. The summed E-state index contributed by atoms with van der Waals surface area (Å²) in [5.41, 5.74) is 0. The molecule has 0 bridgehead atoms. The van der Waals surface area contributed by atoms with Gasteiger partial charge in [-0.05, 0) is 39.9 Å². The minimum Gasteiger partial charge on any atom is -0.315 e. The maximum absolute atomic E-state index is 3.56. The molecule has 0 radical (unpaired) electrons. The Labute approximate surface area is 93.8 Å². The van der Waals surface area contributed by atoms with Gasteiger partial charge in [0.2, 0.25) is 0 Å². The van der Waals surface area contributed by atoms with Crippen molar-refractivity contribution in [1.29, 1.82) is 0 Å². The van der Waals surface area contributed by atoms with Gasteiger partial charge in [0, 0.05) is 31.7 Å². The van der Waals surface area contributed by atoms with E-state index in [9.17, 15) is 0 Å². The Kier molecular flexibility index (Phi) is 3.65. The molecule has 2 unspecified atom stereocenters. The molecule has 2 atom stereocenters. The molecule has 2 fully saturated rings. The fraction of sp³-hybridized carbons (Fsp3) is 1.00. The molecule has 0 spiro atoms. The van der Waals surface area contributed by atoms with Crippen molar-refractivity contribution in [2.75, 3.05) is 40.8 Å². The summed E-state index contributed by atoms with van der Waals surface area (Å²) in [4.78, 5) is 5.01. The van der Waals surface area contributed by atoms with Gasteiger partial charge >= 0.3 is 0 Å². The number of nitrogens with zero attached hydrogens (tertiary/aromatic N) is 2. The van der Waals surface area contributed by atoms with Gasteiger partial charge in [-0.1, -0.05) is 6.42 Å². The highest BCUT2D eigenvalue weighted by atomic mass is 15.3. The zero-order chi connectivity index (χ0) is 10.8. The molecule has 3 nitrogen and oxygen atoms in total. The average molecular weight is 211 g/mol. The summed E-state index contributed by atoms with van der Waals surface area (Å²) < 4.78 is 0. The second kappa shape index (κ2) is 4.81. The SMILES string of the molecule is CNC(C1CCC1)C1CN(C)CCN1C. The third-order valence-electron chi connectivity index (χ3n) is 4.30. The summed E-state index contributed by atoms with van der Waals surface area (Å²) in [5, 5.41) is 3.56. The van der Waals surface area contributed by atoms with Gasteiger partial charge in [-0.3, -0.25) is 4.90 Å². The van der Waals surface area contributed by atoms with Crippen molar-refractivity contribution < 1.29 is 0 Å². The van der Waals surface area contributed by atoms with Crippen LogP contribution in [-0.2, 0) is 0 Å². The van der Waals surface area contributed by atoms with Gasteiger partial charge in [-0.2, -0.15) is 0 Å². The monoisotopic (exact) mass is 211 g/mol. The second-order valence-corrected chi connectivity index (χ2v) is 5.32. The molecule has 0 aromatic rings. The van der Waals surface area contributed by atoms with E-state index in [-0.39, 0.29) is 0 Å². The van der Waals surface area contributed by atoms with Crippen LogP contribution in [0.4, 0.5) is 0 Å². The third kappa shape index (κ3) is 2.35. The third-order valence-corrected chi connectivity index (χ3v) is 4.30. The van der Waals surface area contributed by atoms with E-state index in [4.69, 9.17) is 0 Å². The number of likely N-dealkylation sites (N-methyl/N-ethyl adjacent to an activating group) is 3. The van der Waals surface area contributed by atoms with Gasteiger partial charge in [-0.25, -0.2) is 0 Å². The molecular formula is C12H25N3. The first-order chi connectivity index (χ1) is 7.22. The maximum Gasteiger partial charge on any atom is 0.0376 e. The minimum absolute atomic E-state index is 0.700. The lowest BCUT2D eigenvalue weighted by atomic mass is 9.76. The van der Waals surface area contributed by atoms with E-state index in [1.54, 1.807) is 0 Å². The van der Waals surface area contributed by atoms with Crippen molar-refractivity contribution in [3.8, 4) is 0 Å². The topological polar surface area (TPSA) is 18.5 Å². The smallest absolute Gasteiger partial charge is 0.0376 e. The van der Waals surface area contributed by atoms with Gasteiger partial charge in [0.25, 0.3) is 0 Å². The van der Waals surface area contributed by atoms with Gasteiger partial charge in [-0.15, -0.1) is 0 Å². The van der Waals surface area contributed by atoms with Crippen LogP contribution in [0.3, 0.4) is 0 Å². The lowest BCUT2D eigenvalue weighted by molar-refractivity contribution is 0.0558. The van der Waals surface area contributed by atoms with Crippen LogP contribution < -0.4 is 5.32 Å². The fourth-order valence-electron chi connectivity index (χ4n) is 2.97. The molecule has 1 aliphatic heterocycles. The van der Waals surface area contributed by atoms with Gasteiger partial charge < -0.3 is 10.2 Å². The molecule has 15 heavy (non-hydrogen) atoms. The lowest BCUT2D eigenvalue weighted by Gasteiger charge is -2.46. The van der Waals surface area contributed by atoms with Gasteiger partial charge in [0.05, 0.1) is 0 Å². The Morgan fingerprint density at radius 1 is 1.20 bits per heavy atom. The number of rotatable bonds is 3. The summed E-state index contributed by atoms with van der Waals surface area (Å²) in [6.45, 7) is 3.65. The van der Waals surface area contributed by atoms with E-state index in [0.717, 1.165) is 5.92 Å². The number of piperazine rings is 1. The number of hydrogen-bond acceptors (Lipinski definition) is 3. The molecule has 2 rings (SSSR count). The van der Waals surface area contributed by atoms with Crippen LogP contribution in [0.1, 0.15) is 19.3 Å². The van der Waals surface area contributed by atoms with Crippen LogP contribution in [0.5, 0.6) is 0 Å². The summed E-state index contributed by atoms with van der Waals surface area (Å²) in [7, 11) is 6.65. The van der Waals surface area contributed by atoms with Crippen molar-refractivity contribution >= 4 is 0 Å². The fourth-order valence-corrected chi connectivity index (χ4v) is 2.97. The van der Waals surface area contributed by atoms with Crippen LogP contribution in [-0.4, -0.2) is 62.7 Å². The maximum atomic E-state index is 3.56. The van der Waals surface area contributed by atoms with E-state index in [0.29, 0.717) is 12.1 Å². The average Bonchev–Trinajstić information content (AvgIpc) is 2.15. The highest BCUT2D eigenvalue weighted by Crippen LogP contribution is 2.32. The molecule has 2 aliphatic rings. The molecule has 0 aromatic carbocycles. The van der Waals surface area contributed by atoms with E-state index in [2.05, 4.69) is 36.3 Å². The first-order valence-corrected chi connectivity index (χ1v) is 6.28. The predicted octanol–water partition coefficient (Wildman–Crippen LogP) is 0.620. The molecule has 0 amide bonds. The van der Waals surface area contributed by atoms with E-state index in [1.165, 1.54) is 38.9 Å². The van der Waals surface area contributed by atoms with Gasteiger partial charge in [0.1, 0.15) is 0 Å². The van der Waals surface area contributed by atoms with Crippen LogP contribution >= 0.6 is 0 Å². The second-order valence-electron chi connectivity index (χ2n) is 5.32. The van der Waals surface area contributed by atoms with E-state index in [1.807, 2.05) is 0 Å². The predicted molar refractivity (Wildman–Crippen MR) is 64.1 cm³/mol. The van der Waals surface area contributed by atoms with Crippen LogP contribution in [0.2, 0.25) is 0 Å². The summed E-state index contributed by atoms with van der Waals surface area (Å²) in [6.07, 6.45) is 4.30. The normalized spacial score (nSPS) is 32.6. The molecule has 0 aromatic heterocycles. The Balaban J connectivity index is 1.97. The molecule has 1 aliphatic carbocycles. The van der Waals surface area contributed by atoms with Crippen molar-refractivity contribution in [1.82, 2.24) is 15.1 Å². The molecule has 1 N–H and O–H groups in total. The Morgan fingerprint density at radius 3 is 2.47 bits per heavy atom. The van der Waals surface area contributed by atoms with Crippen molar-refractivity contribution in [3.63, 3.8) is 0 Å². The summed E-state index contributed by atoms with van der Waals surface area (Å²) >= 11 is 0. The lowest BCUT2D eigenvalue weighted by Crippen LogP contribution is -2.61.